The monoisotopic (exact) mass is 377 g/mol. The highest BCUT2D eigenvalue weighted by Gasteiger charge is 2.16. The van der Waals surface area contributed by atoms with E-state index in [1.165, 1.54) is 0 Å². The van der Waals surface area contributed by atoms with E-state index in [1.54, 1.807) is 12.1 Å². The van der Waals surface area contributed by atoms with E-state index in [0.29, 0.717) is 18.7 Å². The SMILES string of the molecule is CC(C)(C)OC(=O)Nc1ccc(CC(=O)NCCCN2CCOCC2)cc1. The van der Waals surface area contributed by atoms with Crippen LogP contribution in [-0.4, -0.2) is 61.9 Å². The first kappa shape index (κ1) is 21.2. The number of nitrogens with one attached hydrogen (secondary N) is 2. The largest absolute Gasteiger partial charge is 0.444 e. The van der Waals surface area contributed by atoms with E-state index in [9.17, 15) is 9.59 Å². The van der Waals surface area contributed by atoms with E-state index in [0.717, 1.165) is 44.8 Å². The molecule has 1 aromatic rings. The molecule has 0 radical (unpaired) electrons. The molecule has 1 aliphatic heterocycles. The van der Waals surface area contributed by atoms with Crippen molar-refractivity contribution in [2.45, 2.75) is 39.2 Å². The number of anilines is 1. The summed E-state index contributed by atoms with van der Waals surface area (Å²) in [7, 11) is 0. The molecule has 0 spiro atoms. The van der Waals surface area contributed by atoms with Crippen LogP contribution in [0.5, 0.6) is 0 Å². The van der Waals surface area contributed by atoms with Crippen LogP contribution in [0.3, 0.4) is 0 Å². The van der Waals surface area contributed by atoms with Crippen LogP contribution < -0.4 is 10.6 Å². The molecule has 1 fully saturated rings. The number of benzene rings is 1. The van der Waals surface area contributed by atoms with Crippen molar-refractivity contribution in [1.29, 1.82) is 0 Å². The Kier molecular flexibility index (Phi) is 8.06. The Morgan fingerprint density at radius 3 is 2.44 bits per heavy atom. The molecule has 1 aliphatic rings. The lowest BCUT2D eigenvalue weighted by Crippen LogP contribution is -2.38. The highest BCUT2D eigenvalue weighted by molar-refractivity contribution is 5.85. The zero-order chi connectivity index (χ0) is 19.7. The van der Waals surface area contributed by atoms with Gasteiger partial charge >= 0.3 is 6.09 Å². The number of morpholine rings is 1. The van der Waals surface area contributed by atoms with E-state index in [2.05, 4.69) is 15.5 Å². The van der Waals surface area contributed by atoms with Crippen LogP contribution in [0.2, 0.25) is 0 Å². The molecule has 7 nitrogen and oxygen atoms in total. The minimum atomic E-state index is -0.538. The second-order valence-corrected chi connectivity index (χ2v) is 7.66. The molecule has 0 unspecified atom stereocenters. The number of hydrogen-bond donors (Lipinski definition) is 2. The van der Waals surface area contributed by atoms with Gasteiger partial charge in [0.2, 0.25) is 5.91 Å². The lowest BCUT2D eigenvalue weighted by Gasteiger charge is -2.26. The smallest absolute Gasteiger partial charge is 0.412 e. The molecule has 1 heterocycles. The summed E-state index contributed by atoms with van der Waals surface area (Å²) in [5.74, 6) is 0.00447. The summed E-state index contributed by atoms with van der Waals surface area (Å²) in [4.78, 5) is 26.1. The zero-order valence-corrected chi connectivity index (χ0v) is 16.5. The minimum Gasteiger partial charge on any atom is -0.444 e. The van der Waals surface area contributed by atoms with E-state index in [4.69, 9.17) is 9.47 Å². The van der Waals surface area contributed by atoms with E-state index in [1.807, 2.05) is 32.9 Å². The fourth-order valence-corrected chi connectivity index (χ4v) is 2.73. The van der Waals surface area contributed by atoms with Gasteiger partial charge in [0.25, 0.3) is 0 Å². The van der Waals surface area contributed by atoms with Gasteiger partial charge in [-0.3, -0.25) is 15.0 Å². The third-order valence-corrected chi connectivity index (χ3v) is 4.04. The standard InChI is InChI=1S/C20H31N3O4/c1-20(2,3)27-19(25)22-17-7-5-16(6-8-17)15-18(24)21-9-4-10-23-11-13-26-14-12-23/h5-8H,4,9-15H2,1-3H3,(H,21,24)(H,22,25). The molecule has 0 atom stereocenters. The third kappa shape index (κ3) is 8.88. The van der Waals surface area contributed by atoms with Gasteiger partial charge in [0.1, 0.15) is 5.60 Å². The predicted molar refractivity (Wildman–Crippen MR) is 105 cm³/mol. The molecule has 0 bridgehead atoms. The van der Waals surface area contributed by atoms with Crippen molar-refractivity contribution in [1.82, 2.24) is 10.2 Å². The maximum atomic E-state index is 12.0. The maximum Gasteiger partial charge on any atom is 0.412 e. The summed E-state index contributed by atoms with van der Waals surface area (Å²) < 4.78 is 10.5. The van der Waals surface area contributed by atoms with Gasteiger partial charge in [-0.15, -0.1) is 0 Å². The Labute approximate surface area is 161 Å². The van der Waals surface area contributed by atoms with E-state index >= 15 is 0 Å². The summed E-state index contributed by atoms with van der Waals surface area (Å²) in [6.07, 6.45) is 0.766. The average molecular weight is 377 g/mol. The first-order valence-corrected chi connectivity index (χ1v) is 9.47. The maximum absolute atomic E-state index is 12.0. The molecule has 1 aromatic carbocycles. The third-order valence-electron chi connectivity index (χ3n) is 4.04. The van der Waals surface area contributed by atoms with Gasteiger partial charge in [0.05, 0.1) is 19.6 Å². The van der Waals surface area contributed by atoms with Gasteiger partial charge in [-0.2, -0.15) is 0 Å². The normalized spacial score (nSPS) is 15.2. The Hall–Kier alpha value is -2.12. The van der Waals surface area contributed by atoms with Crippen molar-refractivity contribution in [3.8, 4) is 0 Å². The lowest BCUT2D eigenvalue weighted by molar-refractivity contribution is -0.120. The number of carbonyl (C=O) groups excluding carboxylic acids is 2. The number of amides is 2. The first-order valence-electron chi connectivity index (χ1n) is 9.47. The van der Waals surface area contributed by atoms with Gasteiger partial charge in [0.15, 0.2) is 0 Å². The second-order valence-electron chi connectivity index (χ2n) is 7.66. The van der Waals surface area contributed by atoms with Crippen LogP contribution in [-0.2, 0) is 20.7 Å². The van der Waals surface area contributed by atoms with Crippen molar-refractivity contribution in [2.24, 2.45) is 0 Å². The van der Waals surface area contributed by atoms with Crippen LogP contribution in [0, 0.1) is 0 Å². The number of carbonyl (C=O) groups is 2. The van der Waals surface area contributed by atoms with Crippen LogP contribution >= 0.6 is 0 Å². The van der Waals surface area contributed by atoms with Gasteiger partial charge in [-0.05, 0) is 51.4 Å². The Balaban J connectivity index is 1.66. The predicted octanol–water partition coefficient (Wildman–Crippen LogP) is 2.41. The zero-order valence-electron chi connectivity index (χ0n) is 16.5. The van der Waals surface area contributed by atoms with Crippen molar-refractivity contribution < 1.29 is 19.1 Å². The van der Waals surface area contributed by atoms with Crippen molar-refractivity contribution in [3.05, 3.63) is 29.8 Å². The number of hydrogen-bond acceptors (Lipinski definition) is 5. The molecule has 2 rings (SSSR count). The molecule has 2 N–H and O–H groups in total. The second kappa shape index (κ2) is 10.3. The first-order chi connectivity index (χ1) is 12.8. The average Bonchev–Trinajstić information content (AvgIpc) is 2.60. The minimum absolute atomic E-state index is 0.00447. The Morgan fingerprint density at radius 2 is 1.81 bits per heavy atom. The van der Waals surface area contributed by atoms with Crippen LogP contribution in [0.15, 0.2) is 24.3 Å². The molecule has 0 aliphatic carbocycles. The molecule has 1 saturated heterocycles. The van der Waals surface area contributed by atoms with E-state index < -0.39 is 11.7 Å². The van der Waals surface area contributed by atoms with E-state index in [-0.39, 0.29) is 5.91 Å². The molecule has 0 saturated carbocycles. The summed E-state index contributed by atoms with van der Waals surface area (Å²) in [5.41, 5.74) is 0.999. The topological polar surface area (TPSA) is 79.9 Å². The highest BCUT2D eigenvalue weighted by atomic mass is 16.6. The van der Waals surface area contributed by atoms with Crippen LogP contribution in [0.4, 0.5) is 10.5 Å². The molecule has 2 amide bonds. The summed E-state index contributed by atoms with van der Waals surface area (Å²) in [5, 5.41) is 5.63. The van der Waals surface area contributed by atoms with Gasteiger partial charge in [-0.25, -0.2) is 4.79 Å². The molecule has 27 heavy (non-hydrogen) atoms. The van der Waals surface area contributed by atoms with Crippen molar-refractivity contribution in [2.75, 3.05) is 44.7 Å². The highest BCUT2D eigenvalue weighted by Crippen LogP contribution is 2.13. The molecular formula is C20H31N3O4. The quantitative estimate of drug-likeness (QED) is 0.714. The molecule has 0 aromatic heterocycles. The number of nitrogens with zero attached hydrogens (tertiary/aromatic N) is 1. The number of ether oxygens (including phenoxy) is 2. The summed E-state index contributed by atoms with van der Waals surface area (Å²) in [6.45, 7) is 10.6. The van der Waals surface area contributed by atoms with Crippen molar-refractivity contribution >= 4 is 17.7 Å². The molecule has 150 valence electrons. The van der Waals surface area contributed by atoms with Gasteiger partial charge in [0, 0.05) is 25.3 Å². The Morgan fingerprint density at radius 1 is 1.15 bits per heavy atom. The van der Waals surface area contributed by atoms with Crippen LogP contribution in [0.25, 0.3) is 0 Å². The Bertz CT molecular complexity index is 605. The lowest BCUT2D eigenvalue weighted by atomic mass is 10.1. The fourth-order valence-electron chi connectivity index (χ4n) is 2.73. The van der Waals surface area contributed by atoms with Gasteiger partial charge < -0.3 is 14.8 Å². The van der Waals surface area contributed by atoms with Crippen molar-refractivity contribution in [3.63, 3.8) is 0 Å². The number of rotatable bonds is 7. The molecule has 7 heteroatoms. The van der Waals surface area contributed by atoms with Gasteiger partial charge in [-0.1, -0.05) is 12.1 Å². The fraction of sp³-hybridized carbons (Fsp3) is 0.600. The van der Waals surface area contributed by atoms with Crippen LogP contribution in [0.1, 0.15) is 32.8 Å². The summed E-state index contributed by atoms with van der Waals surface area (Å²) >= 11 is 0. The summed E-state index contributed by atoms with van der Waals surface area (Å²) in [6, 6.07) is 7.20. The molecular weight excluding hydrogens is 346 g/mol.